The standard InChI is InChI=1S/C17H17ClO2S3/c1-20-16-7-9-17(10-8-16)23(19)12-2-11-21-22-13-14-3-5-15(18)6-4-14/h2-11H,12-13H2,1H3. The Kier molecular flexibility index (Phi) is 8.26. The van der Waals surface area contributed by atoms with Crippen LogP contribution in [0.1, 0.15) is 5.56 Å². The average Bonchev–Trinajstić information content (AvgIpc) is 2.59. The Hall–Kier alpha value is -0.720. The highest BCUT2D eigenvalue weighted by Gasteiger charge is 2.08. The van der Waals surface area contributed by atoms with Crippen molar-refractivity contribution in [1.29, 1.82) is 0 Å². The highest BCUT2D eigenvalue weighted by atomic mass is 35.5. The number of ether oxygens (including phenoxy) is 1. The van der Waals surface area contributed by atoms with E-state index in [0.29, 0.717) is 5.75 Å². The summed E-state index contributed by atoms with van der Waals surface area (Å²) in [6, 6.07) is 15.2. The molecule has 0 saturated heterocycles. The molecule has 0 aliphatic heterocycles. The van der Waals surface area contributed by atoms with Crippen molar-refractivity contribution in [2.45, 2.75) is 10.6 Å². The first-order valence-electron chi connectivity index (χ1n) is 6.89. The fourth-order valence-electron chi connectivity index (χ4n) is 1.71. The van der Waals surface area contributed by atoms with Crippen molar-refractivity contribution < 1.29 is 9.29 Å². The van der Waals surface area contributed by atoms with Crippen LogP contribution in [0.2, 0.25) is 5.02 Å². The van der Waals surface area contributed by atoms with Gasteiger partial charge in [-0.1, -0.05) is 45.3 Å². The molecule has 1 atom stereocenters. The molecule has 0 amide bonds. The zero-order valence-corrected chi connectivity index (χ0v) is 15.8. The number of hydrogen-bond donors (Lipinski definition) is 0. The van der Waals surface area contributed by atoms with Crippen molar-refractivity contribution >= 4 is 44.4 Å². The maximum absolute atomic E-state index is 12.1. The van der Waals surface area contributed by atoms with Gasteiger partial charge in [0.1, 0.15) is 11.5 Å². The first-order valence-corrected chi connectivity index (χ1v) is 11.0. The van der Waals surface area contributed by atoms with Gasteiger partial charge in [0.25, 0.3) is 0 Å². The largest absolute Gasteiger partial charge is 0.611 e. The fraction of sp³-hybridized carbons (Fsp3) is 0.176. The summed E-state index contributed by atoms with van der Waals surface area (Å²) in [7, 11) is 5.00. The Morgan fingerprint density at radius 1 is 1.13 bits per heavy atom. The molecule has 0 bridgehead atoms. The zero-order valence-electron chi connectivity index (χ0n) is 12.6. The molecular weight excluding hydrogens is 368 g/mol. The molecule has 0 radical (unpaired) electrons. The van der Waals surface area contributed by atoms with E-state index in [9.17, 15) is 4.55 Å². The third kappa shape index (κ3) is 6.73. The molecule has 0 heterocycles. The van der Waals surface area contributed by atoms with Crippen LogP contribution in [0.4, 0.5) is 0 Å². The van der Waals surface area contributed by atoms with Crippen LogP contribution >= 0.6 is 33.2 Å². The Morgan fingerprint density at radius 3 is 2.48 bits per heavy atom. The topological polar surface area (TPSA) is 32.3 Å². The van der Waals surface area contributed by atoms with Crippen molar-refractivity contribution in [3.05, 3.63) is 70.6 Å². The molecule has 23 heavy (non-hydrogen) atoms. The van der Waals surface area contributed by atoms with Crippen molar-refractivity contribution in [2.75, 3.05) is 12.9 Å². The van der Waals surface area contributed by atoms with Crippen LogP contribution in [0, 0.1) is 0 Å². The van der Waals surface area contributed by atoms with Gasteiger partial charge in [0.2, 0.25) is 0 Å². The Bertz CT molecular complexity index is 615. The maximum Gasteiger partial charge on any atom is 0.153 e. The molecular formula is C17H17ClO2S3. The van der Waals surface area contributed by atoms with E-state index in [-0.39, 0.29) is 0 Å². The molecule has 0 fully saturated rings. The highest BCUT2D eigenvalue weighted by Crippen LogP contribution is 2.27. The summed E-state index contributed by atoms with van der Waals surface area (Å²) in [5, 5.41) is 2.74. The van der Waals surface area contributed by atoms with Crippen LogP contribution < -0.4 is 4.74 Å². The molecule has 122 valence electrons. The van der Waals surface area contributed by atoms with E-state index in [2.05, 4.69) is 0 Å². The molecule has 2 aromatic carbocycles. The van der Waals surface area contributed by atoms with E-state index < -0.39 is 11.2 Å². The monoisotopic (exact) mass is 384 g/mol. The Balaban J connectivity index is 1.68. The van der Waals surface area contributed by atoms with Gasteiger partial charge >= 0.3 is 0 Å². The molecule has 6 heteroatoms. The third-order valence-corrected chi connectivity index (χ3v) is 6.46. The Labute approximate surface area is 153 Å². The van der Waals surface area contributed by atoms with Gasteiger partial charge < -0.3 is 9.29 Å². The minimum atomic E-state index is -1.02. The summed E-state index contributed by atoms with van der Waals surface area (Å²) >= 11 is 4.83. The number of rotatable bonds is 8. The third-order valence-electron chi connectivity index (χ3n) is 2.93. The molecule has 1 unspecified atom stereocenters. The molecule has 0 aromatic heterocycles. The lowest BCUT2D eigenvalue weighted by Gasteiger charge is -2.08. The summed E-state index contributed by atoms with van der Waals surface area (Å²) in [6.45, 7) is 0. The van der Waals surface area contributed by atoms with E-state index >= 15 is 0 Å². The van der Waals surface area contributed by atoms with Gasteiger partial charge in [-0.2, -0.15) is 0 Å². The first kappa shape index (κ1) is 18.6. The molecule has 2 rings (SSSR count). The average molecular weight is 385 g/mol. The van der Waals surface area contributed by atoms with Gasteiger partial charge in [-0.15, -0.1) is 0 Å². The molecule has 0 aliphatic rings. The van der Waals surface area contributed by atoms with Crippen LogP contribution in [-0.2, 0) is 16.9 Å². The number of hydrogen-bond acceptors (Lipinski definition) is 4. The smallest absolute Gasteiger partial charge is 0.153 e. The lowest BCUT2D eigenvalue weighted by Crippen LogP contribution is -2.04. The minimum absolute atomic E-state index is 0.515. The van der Waals surface area contributed by atoms with Gasteiger partial charge in [0, 0.05) is 10.8 Å². The second-order valence-corrected chi connectivity index (χ2v) is 8.75. The van der Waals surface area contributed by atoms with Crippen LogP contribution in [0.25, 0.3) is 0 Å². The SMILES string of the molecule is COc1ccc([S+]([O-])CC=CSSCc2ccc(Cl)cc2)cc1. The van der Waals surface area contributed by atoms with Crippen molar-refractivity contribution in [3.8, 4) is 5.75 Å². The normalized spacial score (nSPS) is 12.5. The van der Waals surface area contributed by atoms with Gasteiger partial charge in [0.05, 0.1) is 7.11 Å². The molecule has 0 aliphatic carbocycles. The summed E-state index contributed by atoms with van der Waals surface area (Å²) in [5.74, 6) is 2.20. The van der Waals surface area contributed by atoms with E-state index in [1.165, 1.54) is 5.56 Å². The lowest BCUT2D eigenvalue weighted by atomic mass is 10.2. The minimum Gasteiger partial charge on any atom is -0.611 e. The molecule has 2 aromatic rings. The van der Waals surface area contributed by atoms with E-state index in [1.54, 1.807) is 28.7 Å². The fourth-order valence-corrected chi connectivity index (χ4v) is 4.60. The van der Waals surface area contributed by atoms with Crippen molar-refractivity contribution in [1.82, 2.24) is 0 Å². The van der Waals surface area contributed by atoms with Crippen LogP contribution in [0.3, 0.4) is 0 Å². The van der Waals surface area contributed by atoms with E-state index in [0.717, 1.165) is 21.4 Å². The predicted molar refractivity (Wildman–Crippen MR) is 104 cm³/mol. The molecule has 0 spiro atoms. The van der Waals surface area contributed by atoms with Gasteiger partial charge in [-0.3, -0.25) is 0 Å². The number of methoxy groups -OCH3 is 1. The van der Waals surface area contributed by atoms with Gasteiger partial charge in [-0.25, -0.2) is 0 Å². The van der Waals surface area contributed by atoms with Crippen molar-refractivity contribution in [3.63, 3.8) is 0 Å². The summed E-state index contributed by atoms with van der Waals surface area (Å²) < 4.78 is 17.2. The summed E-state index contributed by atoms with van der Waals surface area (Å²) in [6.07, 6.45) is 1.94. The highest BCUT2D eigenvalue weighted by molar-refractivity contribution is 8.77. The quantitative estimate of drug-likeness (QED) is 0.339. The predicted octanol–water partition coefficient (Wildman–Crippen LogP) is 5.55. The van der Waals surface area contributed by atoms with Crippen LogP contribution in [0.5, 0.6) is 5.75 Å². The molecule has 0 N–H and O–H groups in total. The second kappa shape index (κ2) is 10.2. The van der Waals surface area contributed by atoms with E-state index in [4.69, 9.17) is 16.3 Å². The molecule has 2 nitrogen and oxygen atoms in total. The number of benzene rings is 2. The second-order valence-electron chi connectivity index (χ2n) is 4.54. The van der Waals surface area contributed by atoms with Crippen LogP contribution in [-0.4, -0.2) is 17.4 Å². The first-order chi connectivity index (χ1) is 11.2. The van der Waals surface area contributed by atoms with Crippen molar-refractivity contribution in [2.24, 2.45) is 0 Å². The van der Waals surface area contributed by atoms with E-state index in [1.807, 2.05) is 60.0 Å². The number of halogens is 1. The summed E-state index contributed by atoms with van der Waals surface area (Å²) in [4.78, 5) is 0.814. The Morgan fingerprint density at radius 2 is 1.83 bits per heavy atom. The zero-order chi connectivity index (χ0) is 16.5. The lowest BCUT2D eigenvalue weighted by molar-refractivity contribution is 0.414. The molecule has 0 saturated carbocycles. The van der Waals surface area contributed by atoms with Crippen LogP contribution in [0.15, 0.2) is 64.9 Å². The summed E-state index contributed by atoms with van der Waals surface area (Å²) in [5.41, 5.74) is 1.24. The maximum atomic E-state index is 12.1. The van der Waals surface area contributed by atoms with Gasteiger partial charge in [0.15, 0.2) is 4.90 Å². The van der Waals surface area contributed by atoms with Gasteiger partial charge in [-0.05, 0) is 64.6 Å².